The van der Waals surface area contributed by atoms with Gasteiger partial charge in [-0.1, -0.05) is 18.2 Å². The molecule has 2 aromatic carbocycles. The number of halogens is 3. The Labute approximate surface area is 238 Å². The van der Waals surface area contributed by atoms with Crippen molar-refractivity contribution in [1.29, 1.82) is 0 Å². The lowest BCUT2D eigenvalue weighted by Gasteiger charge is -2.34. The van der Waals surface area contributed by atoms with Crippen LogP contribution in [0.5, 0.6) is 11.5 Å². The first-order chi connectivity index (χ1) is 19.3. The number of nitrogens with zero attached hydrogens (tertiary/aromatic N) is 3. The van der Waals surface area contributed by atoms with Crippen LogP contribution in [0.4, 0.5) is 13.2 Å². The minimum atomic E-state index is -4.85. The first-order valence-corrected chi connectivity index (χ1v) is 15.0. The third kappa shape index (κ3) is 7.98. The van der Waals surface area contributed by atoms with E-state index in [1.165, 1.54) is 16.4 Å². The predicted molar refractivity (Wildman–Crippen MR) is 149 cm³/mol. The smallest absolute Gasteiger partial charge is 0.494 e. The molecule has 4 rings (SSSR count). The number of carbonyl (C=O) groups is 1. The zero-order chi connectivity index (χ0) is 29.8. The monoisotopic (exact) mass is 596 g/mol. The van der Waals surface area contributed by atoms with Crippen molar-refractivity contribution in [2.45, 2.75) is 44.5 Å². The lowest BCUT2D eigenvalue weighted by molar-refractivity contribution is -0.274. The van der Waals surface area contributed by atoms with Gasteiger partial charge in [-0.3, -0.25) is 9.79 Å². The molecule has 13 heteroatoms. The molecule has 0 radical (unpaired) electrons. The number of benzene rings is 2. The normalized spacial score (nSPS) is 17.5. The highest BCUT2D eigenvalue weighted by Gasteiger charge is 2.47. The third-order valence-corrected chi connectivity index (χ3v) is 9.10. The first-order valence-electron chi connectivity index (χ1n) is 13.4. The Bertz CT molecular complexity index is 1390. The molecule has 224 valence electrons. The number of hydrogen-bond acceptors (Lipinski definition) is 7. The summed E-state index contributed by atoms with van der Waals surface area (Å²) in [5.74, 6) is -0.00278. The number of alkyl halides is 3. The van der Waals surface area contributed by atoms with E-state index in [9.17, 15) is 26.4 Å². The summed E-state index contributed by atoms with van der Waals surface area (Å²) in [4.78, 5) is 19.5. The number of nitrogens with one attached hydrogen (secondary N) is 1. The fraction of sp³-hybridized carbons (Fsp3) is 0.500. The number of aliphatic imine (C=N–C) groups is 1. The zero-order valence-corrected chi connectivity index (χ0v) is 24.1. The van der Waals surface area contributed by atoms with Crippen LogP contribution in [0.2, 0.25) is 0 Å². The molecule has 0 aromatic heterocycles. The van der Waals surface area contributed by atoms with E-state index >= 15 is 0 Å². The second-order valence-electron chi connectivity index (χ2n) is 10.6. The Kier molecular flexibility index (Phi) is 9.29. The van der Waals surface area contributed by atoms with Gasteiger partial charge in [0.05, 0.1) is 12.4 Å². The van der Waals surface area contributed by atoms with Crippen molar-refractivity contribution in [3.05, 3.63) is 59.2 Å². The molecular weight excluding hydrogens is 561 g/mol. The SMILES string of the molecule is Cc1cc(OCCCN(C)C)ccc1CCS(=O)(=O)N1CCC2(CC1)N=C(c1cccc(OC(F)(F)F)c1)NC2=O. The summed E-state index contributed by atoms with van der Waals surface area (Å²) in [5.41, 5.74) is 0.981. The van der Waals surface area contributed by atoms with Crippen LogP contribution in [-0.2, 0) is 21.2 Å². The maximum atomic E-state index is 13.1. The van der Waals surface area contributed by atoms with Gasteiger partial charge < -0.3 is 19.7 Å². The number of aryl methyl sites for hydroxylation is 2. The van der Waals surface area contributed by atoms with Crippen molar-refractivity contribution in [1.82, 2.24) is 14.5 Å². The van der Waals surface area contributed by atoms with Crippen LogP contribution >= 0.6 is 0 Å². The zero-order valence-electron chi connectivity index (χ0n) is 23.3. The van der Waals surface area contributed by atoms with Crippen molar-refractivity contribution in [2.24, 2.45) is 4.99 Å². The molecule has 2 heterocycles. The molecule has 2 aliphatic heterocycles. The molecule has 0 saturated carbocycles. The minimum absolute atomic E-state index is 0.0728. The van der Waals surface area contributed by atoms with Gasteiger partial charge in [0.2, 0.25) is 10.0 Å². The number of rotatable bonds is 11. The molecule has 1 amide bonds. The number of carbonyl (C=O) groups excluding carboxylic acids is 1. The maximum absolute atomic E-state index is 13.1. The van der Waals surface area contributed by atoms with Crippen LogP contribution < -0.4 is 14.8 Å². The number of sulfonamides is 1. The summed E-state index contributed by atoms with van der Waals surface area (Å²) >= 11 is 0. The van der Waals surface area contributed by atoms with Gasteiger partial charge in [0, 0.05) is 25.2 Å². The van der Waals surface area contributed by atoms with Crippen molar-refractivity contribution < 1.29 is 35.9 Å². The second-order valence-corrected chi connectivity index (χ2v) is 12.7. The second kappa shape index (κ2) is 12.4. The van der Waals surface area contributed by atoms with Gasteiger partial charge in [-0.15, -0.1) is 13.2 Å². The maximum Gasteiger partial charge on any atom is 0.573 e. The molecule has 0 atom stereocenters. The van der Waals surface area contributed by atoms with Crippen LogP contribution in [0, 0.1) is 6.92 Å². The highest BCUT2D eigenvalue weighted by atomic mass is 32.2. The standard InChI is InChI=1S/C28H35F3N4O5S/c1-20-18-23(39-16-5-13-34(2)3)9-8-21(20)10-17-41(37,38)35-14-11-27(12-15-35)26(36)32-25(33-27)22-6-4-7-24(19-22)40-28(29,30)31/h4,6-9,18-19H,5,10-17H2,1-3H3,(H,32,33,36). The van der Waals surface area contributed by atoms with Gasteiger partial charge in [0.1, 0.15) is 22.9 Å². The lowest BCUT2D eigenvalue weighted by atomic mass is 9.89. The van der Waals surface area contributed by atoms with Crippen LogP contribution in [-0.4, -0.2) is 87.4 Å². The molecule has 1 N–H and O–H groups in total. The van der Waals surface area contributed by atoms with Gasteiger partial charge >= 0.3 is 6.36 Å². The van der Waals surface area contributed by atoms with Crippen molar-refractivity contribution >= 4 is 21.8 Å². The van der Waals surface area contributed by atoms with Crippen LogP contribution in [0.1, 0.15) is 36.0 Å². The Morgan fingerprint density at radius 2 is 1.83 bits per heavy atom. The van der Waals surface area contributed by atoms with E-state index in [0.29, 0.717) is 13.0 Å². The molecule has 1 spiro atoms. The lowest BCUT2D eigenvalue weighted by Crippen LogP contribution is -2.50. The van der Waals surface area contributed by atoms with Gasteiger partial charge in [0.15, 0.2) is 0 Å². The van der Waals surface area contributed by atoms with Gasteiger partial charge in [-0.2, -0.15) is 0 Å². The summed E-state index contributed by atoms with van der Waals surface area (Å²) in [6, 6.07) is 10.9. The van der Waals surface area contributed by atoms with Crippen LogP contribution in [0.15, 0.2) is 47.5 Å². The average Bonchev–Trinajstić information content (AvgIpc) is 3.20. The number of piperidine rings is 1. The van der Waals surface area contributed by atoms with Crippen molar-refractivity contribution in [3.8, 4) is 11.5 Å². The highest BCUT2D eigenvalue weighted by Crippen LogP contribution is 2.33. The van der Waals surface area contributed by atoms with E-state index < -0.39 is 33.6 Å². The van der Waals surface area contributed by atoms with Crippen LogP contribution in [0.3, 0.4) is 0 Å². The highest BCUT2D eigenvalue weighted by molar-refractivity contribution is 7.89. The Hall–Kier alpha value is -3.16. The quantitative estimate of drug-likeness (QED) is 0.399. The molecule has 2 aromatic rings. The molecule has 0 aliphatic carbocycles. The fourth-order valence-electron chi connectivity index (χ4n) is 4.94. The topological polar surface area (TPSA) is 101 Å². The average molecular weight is 597 g/mol. The molecule has 9 nitrogen and oxygen atoms in total. The molecule has 41 heavy (non-hydrogen) atoms. The number of amides is 1. The number of amidine groups is 1. The Morgan fingerprint density at radius 3 is 2.49 bits per heavy atom. The summed E-state index contributed by atoms with van der Waals surface area (Å²) in [6.07, 6.45) is -3.27. The van der Waals surface area contributed by atoms with Crippen LogP contribution in [0.25, 0.3) is 0 Å². The van der Waals surface area contributed by atoms with E-state index in [1.807, 2.05) is 39.2 Å². The largest absolute Gasteiger partial charge is 0.573 e. The predicted octanol–water partition coefficient (Wildman–Crippen LogP) is 3.51. The summed E-state index contributed by atoms with van der Waals surface area (Å²) in [6.45, 7) is 3.69. The van der Waals surface area contributed by atoms with E-state index in [4.69, 9.17) is 4.74 Å². The summed E-state index contributed by atoms with van der Waals surface area (Å²) in [7, 11) is 0.424. The van der Waals surface area contributed by atoms with E-state index in [0.717, 1.165) is 42.0 Å². The van der Waals surface area contributed by atoms with Crippen molar-refractivity contribution in [2.75, 3.05) is 46.1 Å². The summed E-state index contributed by atoms with van der Waals surface area (Å²) < 4.78 is 75.3. The Morgan fingerprint density at radius 1 is 1.10 bits per heavy atom. The molecule has 1 fully saturated rings. The Balaban J connectivity index is 1.34. The molecule has 0 bridgehead atoms. The molecule has 1 saturated heterocycles. The molecule has 2 aliphatic rings. The number of ether oxygens (including phenoxy) is 2. The van der Waals surface area contributed by atoms with E-state index in [-0.39, 0.29) is 43.1 Å². The minimum Gasteiger partial charge on any atom is -0.494 e. The summed E-state index contributed by atoms with van der Waals surface area (Å²) in [5, 5.41) is 2.65. The molecular formula is C28H35F3N4O5S. The fourth-order valence-corrected chi connectivity index (χ4v) is 6.42. The third-order valence-electron chi connectivity index (χ3n) is 7.23. The number of hydrogen-bond donors (Lipinski definition) is 1. The molecule has 0 unspecified atom stereocenters. The van der Waals surface area contributed by atoms with Gasteiger partial charge in [0.25, 0.3) is 5.91 Å². The van der Waals surface area contributed by atoms with Gasteiger partial charge in [-0.25, -0.2) is 12.7 Å². The first kappa shape index (κ1) is 30.8. The van der Waals surface area contributed by atoms with E-state index in [2.05, 4.69) is 19.9 Å². The van der Waals surface area contributed by atoms with Crippen molar-refractivity contribution in [3.63, 3.8) is 0 Å². The van der Waals surface area contributed by atoms with E-state index in [1.54, 1.807) is 0 Å². The van der Waals surface area contributed by atoms with Gasteiger partial charge in [-0.05, 0) is 82.1 Å².